The predicted molar refractivity (Wildman–Crippen MR) is 102 cm³/mol. The lowest BCUT2D eigenvalue weighted by Crippen LogP contribution is -2.30. The minimum absolute atomic E-state index is 0.0440. The Labute approximate surface area is 162 Å². The van der Waals surface area contributed by atoms with Crippen molar-refractivity contribution in [2.45, 2.75) is 18.9 Å². The highest BCUT2D eigenvalue weighted by molar-refractivity contribution is 5.94. The molecule has 142 valence electrons. The number of hydrogen-bond donors (Lipinski definition) is 0. The lowest BCUT2D eigenvalue weighted by atomic mass is 10.0. The zero-order valence-corrected chi connectivity index (χ0v) is 15.3. The summed E-state index contributed by atoms with van der Waals surface area (Å²) < 4.78 is 13.0. The molecule has 0 radical (unpaired) electrons. The van der Waals surface area contributed by atoms with E-state index in [0.717, 1.165) is 42.1 Å². The first-order chi connectivity index (χ1) is 13.8. The van der Waals surface area contributed by atoms with E-state index in [1.165, 1.54) is 6.33 Å². The second-order valence-corrected chi connectivity index (χ2v) is 6.95. The highest BCUT2D eigenvalue weighted by Crippen LogP contribution is 2.38. The van der Waals surface area contributed by atoms with Crippen LogP contribution >= 0.6 is 0 Å². The van der Waals surface area contributed by atoms with Crippen LogP contribution in [0, 0.1) is 0 Å². The van der Waals surface area contributed by atoms with Gasteiger partial charge in [-0.3, -0.25) is 4.79 Å². The molecule has 1 atom stereocenters. The highest BCUT2D eigenvalue weighted by Gasteiger charge is 2.31. The number of nitrogens with zero attached hydrogens (tertiary/aromatic N) is 4. The first-order valence-corrected chi connectivity index (χ1v) is 9.45. The van der Waals surface area contributed by atoms with Gasteiger partial charge in [-0.1, -0.05) is 6.07 Å². The smallest absolute Gasteiger partial charge is 0.254 e. The maximum Gasteiger partial charge on any atom is 0.254 e. The molecule has 3 heterocycles. The molecule has 2 aromatic carbocycles. The lowest BCUT2D eigenvalue weighted by Gasteiger charge is -2.27. The topological polar surface area (TPSA) is 69.5 Å². The van der Waals surface area contributed by atoms with Crippen molar-refractivity contribution in [3.63, 3.8) is 0 Å². The molecule has 1 amide bonds. The van der Waals surface area contributed by atoms with Gasteiger partial charge in [-0.05, 0) is 54.8 Å². The molecule has 0 bridgehead atoms. The Balaban J connectivity index is 1.38. The molecule has 0 aliphatic carbocycles. The third-order valence-electron chi connectivity index (χ3n) is 5.26. The van der Waals surface area contributed by atoms with Crippen LogP contribution in [0.3, 0.4) is 0 Å². The number of aromatic nitrogens is 3. The molecule has 7 heteroatoms. The highest BCUT2D eigenvalue weighted by atomic mass is 16.6. The van der Waals surface area contributed by atoms with E-state index in [0.29, 0.717) is 18.8 Å². The SMILES string of the molecule is O=C(c1ccc(-n2cncn2)cc1)N1CCC[C@H]1c1ccc2c(c1)OCCO2. The van der Waals surface area contributed by atoms with Gasteiger partial charge in [-0.2, -0.15) is 5.10 Å². The van der Waals surface area contributed by atoms with Crippen molar-refractivity contribution < 1.29 is 14.3 Å². The summed E-state index contributed by atoms with van der Waals surface area (Å²) in [5, 5.41) is 4.11. The van der Waals surface area contributed by atoms with E-state index < -0.39 is 0 Å². The molecule has 1 aromatic heterocycles. The van der Waals surface area contributed by atoms with Gasteiger partial charge in [0.15, 0.2) is 11.5 Å². The van der Waals surface area contributed by atoms with Crippen molar-refractivity contribution >= 4 is 5.91 Å². The second-order valence-electron chi connectivity index (χ2n) is 6.95. The normalized spacial score (nSPS) is 18.3. The molecule has 0 saturated carbocycles. The number of rotatable bonds is 3. The van der Waals surface area contributed by atoms with Gasteiger partial charge in [0, 0.05) is 12.1 Å². The summed E-state index contributed by atoms with van der Waals surface area (Å²) in [7, 11) is 0. The van der Waals surface area contributed by atoms with E-state index in [1.54, 1.807) is 11.0 Å². The Morgan fingerprint density at radius 1 is 1.04 bits per heavy atom. The van der Waals surface area contributed by atoms with Crippen LogP contribution in [0.1, 0.15) is 34.8 Å². The Hall–Kier alpha value is -3.35. The fourth-order valence-electron chi connectivity index (χ4n) is 3.89. The minimum Gasteiger partial charge on any atom is -0.486 e. The molecular weight excluding hydrogens is 356 g/mol. The largest absolute Gasteiger partial charge is 0.486 e. The maximum absolute atomic E-state index is 13.2. The summed E-state index contributed by atoms with van der Waals surface area (Å²) in [6.07, 6.45) is 5.06. The standard InChI is InChI=1S/C21H20N4O3/c26-21(15-3-6-17(7-4-15)25-14-22-13-23-25)24-9-1-2-18(24)16-5-8-19-20(12-16)28-11-10-27-19/h3-8,12-14,18H,1-2,9-11H2/t18-/m0/s1. The average Bonchev–Trinajstić information content (AvgIpc) is 3.45. The van der Waals surface area contributed by atoms with Crippen LogP contribution in [0.15, 0.2) is 55.1 Å². The Morgan fingerprint density at radius 3 is 2.64 bits per heavy atom. The van der Waals surface area contributed by atoms with E-state index in [-0.39, 0.29) is 11.9 Å². The van der Waals surface area contributed by atoms with Crippen LogP contribution in [0.5, 0.6) is 11.5 Å². The lowest BCUT2D eigenvalue weighted by molar-refractivity contribution is 0.0735. The zero-order valence-electron chi connectivity index (χ0n) is 15.3. The van der Waals surface area contributed by atoms with Crippen LogP contribution < -0.4 is 9.47 Å². The molecule has 0 spiro atoms. The Bertz CT molecular complexity index is 985. The van der Waals surface area contributed by atoms with Crippen LogP contribution in [0.25, 0.3) is 5.69 Å². The predicted octanol–water partition coefficient (Wildman–Crippen LogP) is 3.02. The van der Waals surface area contributed by atoms with Crippen molar-refractivity contribution in [3.05, 3.63) is 66.2 Å². The minimum atomic E-state index is 0.0440. The fraction of sp³-hybridized carbons (Fsp3) is 0.286. The number of benzene rings is 2. The summed E-state index contributed by atoms with van der Waals surface area (Å²) >= 11 is 0. The van der Waals surface area contributed by atoms with Gasteiger partial charge >= 0.3 is 0 Å². The molecule has 2 aliphatic rings. The molecule has 1 saturated heterocycles. The van der Waals surface area contributed by atoms with Gasteiger partial charge in [0.1, 0.15) is 25.9 Å². The molecule has 1 fully saturated rings. The Kier molecular flexibility index (Phi) is 4.20. The molecule has 28 heavy (non-hydrogen) atoms. The van der Waals surface area contributed by atoms with E-state index in [2.05, 4.69) is 10.1 Å². The first-order valence-electron chi connectivity index (χ1n) is 9.45. The summed E-state index contributed by atoms with van der Waals surface area (Å²) in [6.45, 7) is 1.88. The average molecular weight is 376 g/mol. The summed E-state index contributed by atoms with van der Waals surface area (Å²) in [6, 6.07) is 13.5. The van der Waals surface area contributed by atoms with Crippen LogP contribution in [-0.2, 0) is 0 Å². The van der Waals surface area contributed by atoms with Crippen LogP contribution in [0.4, 0.5) is 0 Å². The van der Waals surface area contributed by atoms with Gasteiger partial charge in [-0.25, -0.2) is 9.67 Å². The summed E-state index contributed by atoms with van der Waals surface area (Å²) in [5.74, 6) is 1.58. The van der Waals surface area contributed by atoms with E-state index in [9.17, 15) is 4.79 Å². The van der Waals surface area contributed by atoms with E-state index >= 15 is 0 Å². The number of fused-ring (bicyclic) bond motifs is 1. The quantitative estimate of drug-likeness (QED) is 0.703. The van der Waals surface area contributed by atoms with Crippen molar-refractivity contribution in [1.82, 2.24) is 19.7 Å². The van der Waals surface area contributed by atoms with E-state index in [1.807, 2.05) is 47.4 Å². The first kappa shape index (κ1) is 16.8. The number of carbonyl (C=O) groups is 1. The fourth-order valence-corrected chi connectivity index (χ4v) is 3.89. The molecule has 7 nitrogen and oxygen atoms in total. The molecule has 2 aliphatic heterocycles. The zero-order chi connectivity index (χ0) is 18.9. The molecule has 0 unspecified atom stereocenters. The van der Waals surface area contributed by atoms with Crippen molar-refractivity contribution in [2.24, 2.45) is 0 Å². The molecule has 3 aromatic rings. The van der Waals surface area contributed by atoms with Gasteiger partial charge < -0.3 is 14.4 Å². The van der Waals surface area contributed by atoms with Gasteiger partial charge in [-0.15, -0.1) is 0 Å². The number of likely N-dealkylation sites (tertiary alicyclic amines) is 1. The summed E-state index contributed by atoms with van der Waals surface area (Å²) in [4.78, 5) is 19.1. The molecule has 0 N–H and O–H groups in total. The van der Waals surface area contributed by atoms with Gasteiger partial charge in [0.2, 0.25) is 0 Å². The molecule has 5 rings (SSSR count). The van der Waals surface area contributed by atoms with Gasteiger partial charge in [0.05, 0.1) is 11.7 Å². The van der Waals surface area contributed by atoms with Crippen LogP contribution in [-0.4, -0.2) is 45.3 Å². The third-order valence-corrected chi connectivity index (χ3v) is 5.26. The monoisotopic (exact) mass is 376 g/mol. The van der Waals surface area contributed by atoms with Crippen LogP contribution in [0.2, 0.25) is 0 Å². The third kappa shape index (κ3) is 2.98. The number of ether oxygens (including phenoxy) is 2. The second kappa shape index (κ2) is 6.99. The number of hydrogen-bond acceptors (Lipinski definition) is 5. The Morgan fingerprint density at radius 2 is 1.86 bits per heavy atom. The number of amides is 1. The van der Waals surface area contributed by atoms with E-state index in [4.69, 9.17) is 9.47 Å². The van der Waals surface area contributed by atoms with Crippen molar-refractivity contribution in [1.29, 1.82) is 0 Å². The summed E-state index contributed by atoms with van der Waals surface area (Å²) in [5.41, 5.74) is 2.64. The van der Waals surface area contributed by atoms with Crippen molar-refractivity contribution in [3.8, 4) is 17.2 Å². The molecular formula is C21H20N4O3. The van der Waals surface area contributed by atoms with Crippen molar-refractivity contribution in [2.75, 3.05) is 19.8 Å². The van der Waals surface area contributed by atoms with Gasteiger partial charge in [0.25, 0.3) is 5.91 Å². The number of carbonyl (C=O) groups excluding carboxylic acids is 1. The maximum atomic E-state index is 13.2.